The molecule has 0 bridgehead atoms. The van der Waals surface area contributed by atoms with Crippen LogP contribution in [0, 0.1) is 44.1 Å². The number of aliphatic hydroxyl groups excluding tert-OH is 2. The first-order chi connectivity index (χ1) is 13.3. The topological polar surface area (TPSA) is 117 Å². The van der Waals surface area contributed by atoms with Gasteiger partial charge in [-0.2, -0.15) is 0 Å². The zero-order valence-corrected chi connectivity index (χ0v) is 22.9. The van der Waals surface area contributed by atoms with Gasteiger partial charge in [0.05, 0.1) is 12.7 Å². The first-order valence-corrected chi connectivity index (χ1v) is 9.80. The Bertz CT molecular complexity index is 808. The summed E-state index contributed by atoms with van der Waals surface area (Å²) in [4.78, 5) is 3.16. The number of hydrogen-bond donors (Lipinski definition) is 3. The number of aliphatic hydroxyl groups is 2. The number of hydrogen-bond acceptors (Lipinski definition) is 6. The Balaban J connectivity index is 0.00000300. The Morgan fingerprint density at radius 3 is 2.76 bits per heavy atom. The summed E-state index contributed by atoms with van der Waals surface area (Å²) in [5.74, 6) is -0.515. The van der Waals surface area contributed by atoms with Crippen LogP contribution in [0.1, 0.15) is 13.3 Å². The molecule has 0 amide bonds. The molecule has 0 saturated carbocycles. The zero-order chi connectivity index (χ0) is 20.5. The van der Waals surface area contributed by atoms with E-state index >= 15 is 0 Å². The van der Waals surface area contributed by atoms with Gasteiger partial charge in [0.2, 0.25) is 5.79 Å². The van der Waals surface area contributed by atoms with Crippen LogP contribution in [0.4, 0.5) is 0 Å². The summed E-state index contributed by atoms with van der Waals surface area (Å²) in [6.45, 7) is 1.27. The minimum atomic E-state index is -1.19. The molecule has 8 nitrogen and oxygen atoms in total. The van der Waals surface area contributed by atoms with E-state index in [1.165, 1.54) is 14.2 Å². The van der Waals surface area contributed by atoms with Gasteiger partial charge in [0.15, 0.2) is 0 Å². The minimum absolute atomic E-state index is 0. The molecule has 4 N–H and O–H groups in total. The van der Waals surface area contributed by atoms with Crippen molar-refractivity contribution in [1.29, 1.82) is 0 Å². The summed E-state index contributed by atoms with van der Waals surface area (Å²) < 4.78 is 24.1. The van der Waals surface area contributed by atoms with Crippen molar-refractivity contribution < 1.29 is 73.2 Å². The monoisotopic (exact) mass is 684 g/mol. The molecule has 159 valence electrons. The van der Waals surface area contributed by atoms with E-state index < -0.39 is 42.9 Å². The standard InChI is InChI=1S/C19H26BrN2O6.Ac/c1-19(27-15-8-22-12-5-4-10(20)6-11(12)15)7-14(25-2)16(21)18(28-19)17(26-3)13(24)9-23;/h4-6,8,13-14,16-18,21-24H,7,9H2,1-3H3;/q-1;. The van der Waals surface area contributed by atoms with Crippen molar-refractivity contribution in [2.75, 3.05) is 20.8 Å². The average Bonchev–Trinajstić information content (AvgIpc) is 3.06. The van der Waals surface area contributed by atoms with Gasteiger partial charge in [-0.1, -0.05) is 22.0 Å². The van der Waals surface area contributed by atoms with Gasteiger partial charge in [-0.3, -0.25) is 0 Å². The first kappa shape index (κ1) is 25.5. The van der Waals surface area contributed by atoms with Crippen LogP contribution in [0.2, 0.25) is 0 Å². The molecule has 6 atom stereocenters. The van der Waals surface area contributed by atoms with Crippen molar-refractivity contribution in [2.45, 2.75) is 49.6 Å². The van der Waals surface area contributed by atoms with E-state index in [1.54, 1.807) is 13.1 Å². The zero-order valence-electron chi connectivity index (χ0n) is 16.6. The fraction of sp³-hybridized carbons (Fsp3) is 0.579. The molecule has 6 unspecified atom stereocenters. The van der Waals surface area contributed by atoms with E-state index in [2.05, 4.69) is 20.9 Å². The van der Waals surface area contributed by atoms with Gasteiger partial charge in [0, 0.05) is 99.3 Å². The number of ether oxygens (including phenoxy) is 4. The van der Waals surface area contributed by atoms with Gasteiger partial charge in [0.1, 0.15) is 18.0 Å². The van der Waals surface area contributed by atoms with Crippen molar-refractivity contribution in [3.63, 3.8) is 0 Å². The number of aromatic nitrogens is 1. The van der Waals surface area contributed by atoms with Crippen molar-refractivity contribution in [2.24, 2.45) is 0 Å². The number of halogens is 1. The van der Waals surface area contributed by atoms with Crippen molar-refractivity contribution >= 4 is 26.8 Å². The van der Waals surface area contributed by atoms with Crippen LogP contribution in [0.5, 0.6) is 5.75 Å². The van der Waals surface area contributed by atoms with E-state index in [0.717, 1.165) is 15.4 Å². The Labute approximate surface area is 214 Å². The third-order valence-corrected chi connectivity index (χ3v) is 5.60. The van der Waals surface area contributed by atoms with Crippen LogP contribution in [0.3, 0.4) is 0 Å². The third-order valence-electron chi connectivity index (χ3n) is 5.11. The number of benzene rings is 1. The Morgan fingerprint density at radius 1 is 1.41 bits per heavy atom. The normalized spacial score (nSPS) is 29.3. The van der Waals surface area contributed by atoms with Gasteiger partial charge >= 0.3 is 0 Å². The van der Waals surface area contributed by atoms with Crippen LogP contribution < -0.4 is 4.74 Å². The van der Waals surface area contributed by atoms with Crippen LogP contribution in [-0.4, -0.2) is 72.3 Å². The number of H-pyrrole nitrogens is 1. The van der Waals surface area contributed by atoms with Crippen LogP contribution in [0.25, 0.3) is 16.6 Å². The molecule has 10 heteroatoms. The molecule has 1 aliphatic heterocycles. The van der Waals surface area contributed by atoms with Gasteiger partial charge in [-0.15, -0.1) is 0 Å². The van der Waals surface area contributed by atoms with E-state index in [0.29, 0.717) is 12.2 Å². The van der Waals surface area contributed by atoms with Crippen molar-refractivity contribution in [3.8, 4) is 5.75 Å². The second kappa shape index (κ2) is 10.7. The molecule has 0 spiro atoms. The van der Waals surface area contributed by atoms with Crippen molar-refractivity contribution in [3.05, 3.63) is 34.6 Å². The fourth-order valence-electron chi connectivity index (χ4n) is 3.68. The minimum Gasteiger partial charge on any atom is -0.670 e. The van der Waals surface area contributed by atoms with Crippen molar-refractivity contribution in [1.82, 2.24) is 4.98 Å². The predicted molar refractivity (Wildman–Crippen MR) is 107 cm³/mol. The fourth-order valence-corrected chi connectivity index (χ4v) is 4.04. The molecule has 29 heavy (non-hydrogen) atoms. The molecule has 0 aliphatic carbocycles. The Morgan fingerprint density at radius 2 is 2.14 bits per heavy atom. The average molecular weight is 685 g/mol. The summed E-state index contributed by atoms with van der Waals surface area (Å²) >= 11 is 3.47. The SMILES string of the molecule is COC1CC(C)(Oc2c[nH]c3ccc(Br)cc23)OC(C(OC)C(O)CO)C1[NH-].[Ac]. The summed E-state index contributed by atoms with van der Waals surface area (Å²) in [5, 5.41) is 20.3. The Kier molecular flexibility index (Phi) is 9.42. The van der Waals surface area contributed by atoms with E-state index in [1.807, 2.05) is 18.2 Å². The summed E-state index contributed by atoms with van der Waals surface area (Å²) in [6.07, 6.45) is -1.36. The molecule has 1 radical (unpaired) electrons. The van der Waals surface area contributed by atoms with Gasteiger partial charge in [-0.25, -0.2) is 0 Å². The number of methoxy groups -OCH3 is 2. The molecule has 1 aliphatic rings. The quantitative estimate of drug-likeness (QED) is 0.413. The number of fused-ring (bicyclic) bond motifs is 1. The first-order valence-electron chi connectivity index (χ1n) is 9.01. The maximum atomic E-state index is 10.1. The smallest absolute Gasteiger partial charge is 0.210 e. The molecule has 1 aromatic heterocycles. The van der Waals surface area contributed by atoms with Crippen LogP contribution in [0.15, 0.2) is 28.9 Å². The molecule has 3 rings (SSSR count). The molecular formula is C19H26AcBrN2O6-. The number of aromatic amines is 1. The summed E-state index contributed by atoms with van der Waals surface area (Å²) in [7, 11) is 2.94. The molecule has 2 aromatic rings. The maximum Gasteiger partial charge on any atom is 0.210 e. The van der Waals surface area contributed by atoms with E-state index in [4.69, 9.17) is 24.7 Å². The van der Waals surface area contributed by atoms with Gasteiger partial charge in [-0.05, 0) is 18.2 Å². The van der Waals surface area contributed by atoms with E-state index in [-0.39, 0.29) is 44.1 Å². The molecule has 1 fully saturated rings. The maximum absolute atomic E-state index is 10.1. The third kappa shape index (κ3) is 5.54. The summed E-state index contributed by atoms with van der Waals surface area (Å²) in [5.41, 5.74) is 9.40. The second-order valence-corrected chi connectivity index (χ2v) is 8.03. The molecule has 1 saturated heterocycles. The number of nitrogens with one attached hydrogen (secondary N) is 2. The largest absolute Gasteiger partial charge is 0.670 e. The second-order valence-electron chi connectivity index (χ2n) is 7.12. The summed E-state index contributed by atoms with van der Waals surface area (Å²) in [6, 6.07) is 5.00. The molecular weight excluding hydrogens is 659 g/mol. The Hall–Kier alpha value is 0.242. The van der Waals surface area contributed by atoms with Crippen LogP contribution >= 0.6 is 15.9 Å². The van der Waals surface area contributed by atoms with E-state index in [9.17, 15) is 10.2 Å². The molecule has 1 aromatic carbocycles. The number of rotatable bonds is 7. The predicted octanol–water partition coefficient (Wildman–Crippen LogP) is 2.62. The van der Waals surface area contributed by atoms with Gasteiger partial charge < -0.3 is 39.9 Å². The van der Waals surface area contributed by atoms with Crippen LogP contribution in [-0.2, 0) is 14.2 Å². The molecule has 2 heterocycles. The van der Waals surface area contributed by atoms with Gasteiger partial charge in [0.25, 0.3) is 0 Å².